The Balaban J connectivity index is 1.44. The van der Waals surface area contributed by atoms with Crippen LogP contribution in [0.2, 0.25) is 5.02 Å². The number of esters is 1. The smallest absolute Gasteiger partial charge is 0.413 e. The van der Waals surface area contributed by atoms with Gasteiger partial charge in [-0.25, -0.2) is 9.78 Å². The highest BCUT2D eigenvalue weighted by atomic mass is 35.5. The summed E-state index contributed by atoms with van der Waals surface area (Å²) in [5.41, 5.74) is 2.68. The van der Waals surface area contributed by atoms with Gasteiger partial charge in [0.25, 0.3) is 0 Å². The summed E-state index contributed by atoms with van der Waals surface area (Å²) in [7, 11) is 3.16. The molecule has 0 bridgehead atoms. The number of nitrogens with one attached hydrogen (secondary N) is 1. The average molecular weight is 541 g/mol. The predicted octanol–water partition coefficient (Wildman–Crippen LogP) is 6.11. The Kier molecular flexibility index (Phi) is 8.89. The van der Waals surface area contributed by atoms with Crippen LogP contribution in [0.25, 0.3) is 11.3 Å². The molecular formula is C28H33ClN4O5. The molecule has 0 radical (unpaired) electrons. The van der Waals surface area contributed by atoms with Gasteiger partial charge in [0, 0.05) is 23.6 Å². The molecule has 1 aromatic carbocycles. The van der Waals surface area contributed by atoms with Crippen LogP contribution >= 0.6 is 11.6 Å². The van der Waals surface area contributed by atoms with Crippen molar-refractivity contribution in [3.05, 3.63) is 58.9 Å². The van der Waals surface area contributed by atoms with Crippen LogP contribution in [0.4, 0.5) is 10.6 Å². The van der Waals surface area contributed by atoms with E-state index in [2.05, 4.69) is 10.4 Å². The number of methoxy groups -OCH3 is 1. The number of aryl methyl sites for hydroxylation is 2. The van der Waals surface area contributed by atoms with Crippen LogP contribution in [0.5, 0.6) is 5.75 Å². The van der Waals surface area contributed by atoms with Crippen LogP contribution in [0.1, 0.15) is 50.0 Å². The van der Waals surface area contributed by atoms with Crippen LogP contribution in [0.3, 0.4) is 0 Å². The number of halogens is 1. The van der Waals surface area contributed by atoms with Crippen molar-refractivity contribution in [2.24, 2.45) is 18.9 Å². The molecule has 1 aliphatic rings. The molecule has 1 fully saturated rings. The zero-order chi connectivity index (χ0) is 27.2. The minimum absolute atomic E-state index is 0.114. The van der Waals surface area contributed by atoms with Crippen LogP contribution in [-0.4, -0.2) is 40.5 Å². The zero-order valence-electron chi connectivity index (χ0n) is 22.1. The van der Waals surface area contributed by atoms with Gasteiger partial charge in [-0.1, -0.05) is 42.6 Å². The number of nitrogens with zero attached hydrogens (tertiary/aromatic N) is 3. The van der Waals surface area contributed by atoms with Crippen LogP contribution < -0.4 is 10.1 Å². The molecule has 1 N–H and O–H groups in total. The molecule has 9 nitrogen and oxygen atoms in total. The largest absolute Gasteiger partial charge is 0.491 e. The maximum atomic E-state index is 12.7. The number of benzene rings is 1. The van der Waals surface area contributed by atoms with E-state index < -0.39 is 12.2 Å². The summed E-state index contributed by atoms with van der Waals surface area (Å²) in [5, 5.41) is 7.60. The zero-order valence-corrected chi connectivity index (χ0v) is 22.8. The second-order valence-electron chi connectivity index (χ2n) is 9.49. The molecule has 38 heavy (non-hydrogen) atoms. The maximum absolute atomic E-state index is 12.7. The Morgan fingerprint density at radius 3 is 2.68 bits per heavy atom. The number of anilines is 1. The molecule has 3 atom stereocenters. The van der Waals surface area contributed by atoms with Crippen LogP contribution in [0.15, 0.2) is 42.6 Å². The van der Waals surface area contributed by atoms with Crippen LogP contribution in [0, 0.1) is 18.8 Å². The first kappa shape index (κ1) is 27.4. The van der Waals surface area contributed by atoms with Crippen molar-refractivity contribution in [3.63, 3.8) is 0 Å². The normalized spacial score (nSPS) is 17.9. The van der Waals surface area contributed by atoms with E-state index in [0.29, 0.717) is 45.7 Å². The van der Waals surface area contributed by atoms with Gasteiger partial charge in [0.2, 0.25) is 0 Å². The fourth-order valence-electron chi connectivity index (χ4n) is 4.84. The lowest BCUT2D eigenvalue weighted by Gasteiger charge is -2.29. The number of pyridine rings is 1. The molecule has 0 aliphatic heterocycles. The quantitative estimate of drug-likeness (QED) is 0.343. The van der Waals surface area contributed by atoms with Crippen molar-refractivity contribution < 1.29 is 23.8 Å². The highest BCUT2D eigenvalue weighted by Gasteiger charge is 2.32. The summed E-state index contributed by atoms with van der Waals surface area (Å²) >= 11 is 6.23. The third kappa shape index (κ3) is 6.27. The molecular weight excluding hydrogens is 508 g/mol. The molecule has 202 valence electrons. The van der Waals surface area contributed by atoms with E-state index >= 15 is 0 Å². The summed E-state index contributed by atoms with van der Waals surface area (Å²) in [4.78, 5) is 29.6. The Morgan fingerprint density at radius 1 is 1.18 bits per heavy atom. The average Bonchev–Trinajstić information content (AvgIpc) is 3.27. The van der Waals surface area contributed by atoms with Crippen molar-refractivity contribution in [1.82, 2.24) is 14.8 Å². The van der Waals surface area contributed by atoms with E-state index in [0.717, 1.165) is 25.7 Å². The Morgan fingerprint density at radius 2 is 1.95 bits per heavy atom. The lowest BCUT2D eigenvalue weighted by atomic mass is 9.80. The van der Waals surface area contributed by atoms with Crippen molar-refractivity contribution in [1.29, 1.82) is 0 Å². The minimum Gasteiger partial charge on any atom is -0.491 e. The van der Waals surface area contributed by atoms with Gasteiger partial charge >= 0.3 is 12.1 Å². The lowest BCUT2D eigenvalue weighted by molar-refractivity contribution is -0.149. The van der Waals surface area contributed by atoms with E-state index in [1.54, 1.807) is 30.9 Å². The molecule has 10 heteroatoms. The SMILES string of the molecule is COC(=O)[C@H]1CCCC[C@@H]1COc1ccc(-c2cnn(C)c2NC(=O)O[C@H](C)c2ccccc2Cl)nc1C. The fourth-order valence-corrected chi connectivity index (χ4v) is 5.13. The summed E-state index contributed by atoms with van der Waals surface area (Å²) in [6.07, 6.45) is 4.33. The van der Waals surface area contributed by atoms with Crippen molar-refractivity contribution in [3.8, 4) is 17.0 Å². The molecule has 0 unspecified atom stereocenters. The number of hydrogen-bond donors (Lipinski definition) is 1. The maximum Gasteiger partial charge on any atom is 0.413 e. The number of carbonyl (C=O) groups is 2. The van der Waals surface area contributed by atoms with Gasteiger partial charge in [0.1, 0.15) is 17.7 Å². The molecule has 1 aliphatic carbocycles. The van der Waals surface area contributed by atoms with Gasteiger partial charge in [-0.15, -0.1) is 0 Å². The molecule has 3 aromatic rings. The van der Waals surface area contributed by atoms with E-state index in [1.165, 1.54) is 7.11 Å². The highest BCUT2D eigenvalue weighted by molar-refractivity contribution is 6.31. The third-order valence-corrected chi connectivity index (χ3v) is 7.31. The molecule has 1 saturated carbocycles. The summed E-state index contributed by atoms with van der Waals surface area (Å²) in [6.45, 7) is 4.05. The first-order chi connectivity index (χ1) is 18.3. The first-order valence-corrected chi connectivity index (χ1v) is 13.1. The van der Waals surface area contributed by atoms with Crippen molar-refractivity contribution in [2.45, 2.75) is 45.6 Å². The summed E-state index contributed by atoms with van der Waals surface area (Å²) in [5.74, 6) is 0.911. The minimum atomic E-state index is -0.633. The molecule has 2 heterocycles. The molecule has 0 spiro atoms. The Labute approximate surface area is 227 Å². The number of carbonyl (C=O) groups excluding carboxylic acids is 2. The standard InChI is InChI=1S/C28H33ClN4O5/c1-17-25(37-16-19-9-5-6-11-21(19)27(34)36-4)14-13-24(31-17)22-15-30-33(3)26(22)32-28(35)38-18(2)20-10-7-8-12-23(20)29/h7-8,10,12-15,18-19,21H,5-6,9,11,16H2,1-4H3,(H,32,35)/t18-,19-,21+/m1/s1. The van der Waals surface area contributed by atoms with E-state index in [1.807, 2.05) is 37.3 Å². The van der Waals surface area contributed by atoms with Gasteiger partial charge in [0.15, 0.2) is 0 Å². The topological polar surface area (TPSA) is 105 Å². The van der Waals surface area contributed by atoms with Crippen LogP contribution in [-0.2, 0) is 21.3 Å². The second-order valence-corrected chi connectivity index (χ2v) is 9.90. The van der Waals surface area contributed by atoms with Gasteiger partial charge in [-0.2, -0.15) is 5.10 Å². The lowest BCUT2D eigenvalue weighted by Crippen LogP contribution is -2.32. The monoisotopic (exact) mass is 540 g/mol. The third-order valence-electron chi connectivity index (χ3n) is 6.97. The van der Waals surface area contributed by atoms with E-state index in [-0.39, 0.29) is 17.8 Å². The van der Waals surface area contributed by atoms with Crippen molar-refractivity contribution >= 4 is 29.5 Å². The fraction of sp³-hybridized carbons (Fsp3) is 0.429. The summed E-state index contributed by atoms with van der Waals surface area (Å²) < 4.78 is 18.2. The molecule has 1 amide bonds. The number of ether oxygens (including phenoxy) is 3. The molecule has 0 saturated heterocycles. The number of hydrogen-bond acceptors (Lipinski definition) is 7. The number of amides is 1. The van der Waals surface area contributed by atoms with E-state index in [4.69, 9.17) is 30.8 Å². The predicted molar refractivity (Wildman–Crippen MR) is 144 cm³/mol. The van der Waals surface area contributed by atoms with Gasteiger partial charge in [0.05, 0.1) is 42.8 Å². The molecule has 2 aromatic heterocycles. The Bertz CT molecular complexity index is 1290. The highest BCUT2D eigenvalue weighted by Crippen LogP contribution is 2.33. The number of aromatic nitrogens is 3. The summed E-state index contributed by atoms with van der Waals surface area (Å²) in [6, 6.07) is 10.9. The Hall–Kier alpha value is -3.59. The number of rotatable bonds is 8. The molecule has 4 rings (SSSR count). The second kappa shape index (κ2) is 12.3. The van der Waals surface area contributed by atoms with E-state index in [9.17, 15) is 9.59 Å². The van der Waals surface area contributed by atoms with Gasteiger partial charge < -0.3 is 14.2 Å². The first-order valence-electron chi connectivity index (χ1n) is 12.7. The van der Waals surface area contributed by atoms with Crippen molar-refractivity contribution in [2.75, 3.05) is 19.0 Å². The van der Waals surface area contributed by atoms with Gasteiger partial charge in [-0.3, -0.25) is 14.8 Å². The van der Waals surface area contributed by atoms with Gasteiger partial charge in [-0.05, 0) is 44.9 Å².